The standard InChI is InChI=1S/C20H18N2O4/c1-22(13-15-7-3-2-4-8-15)19(23)14-25-20(24)12-11-18-21-16-9-5-6-10-17(16)26-18/h2-12H,13-14H2,1H3/b12-11+. The number of amides is 1. The molecular formula is C20H18N2O4. The lowest BCUT2D eigenvalue weighted by molar-refractivity contribution is -0.147. The zero-order valence-corrected chi connectivity index (χ0v) is 14.3. The second-order valence-corrected chi connectivity index (χ2v) is 5.70. The Balaban J connectivity index is 1.49. The molecule has 0 saturated heterocycles. The molecule has 0 radical (unpaired) electrons. The Morgan fingerprint density at radius 2 is 1.85 bits per heavy atom. The number of nitrogens with zero attached hydrogens (tertiary/aromatic N) is 2. The minimum absolute atomic E-state index is 0.280. The molecule has 0 saturated carbocycles. The van der Waals surface area contributed by atoms with Crippen LogP contribution in [0.2, 0.25) is 0 Å². The van der Waals surface area contributed by atoms with E-state index >= 15 is 0 Å². The number of rotatable bonds is 6. The molecule has 0 fully saturated rings. The largest absolute Gasteiger partial charge is 0.452 e. The molecule has 3 aromatic rings. The summed E-state index contributed by atoms with van der Waals surface area (Å²) in [5.74, 6) is -0.609. The molecule has 0 atom stereocenters. The number of hydrogen-bond acceptors (Lipinski definition) is 5. The van der Waals surface area contributed by atoms with Gasteiger partial charge < -0.3 is 14.1 Å². The summed E-state index contributed by atoms with van der Waals surface area (Å²) in [6, 6.07) is 16.9. The van der Waals surface area contributed by atoms with E-state index in [2.05, 4.69) is 4.98 Å². The van der Waals surface area contributed by atoms with E-state index in [9.17, 15) is 9.59 Å². The van der Waals surface area contributed by atoms with Crippen molar-refractivity contribution in [3.63, 3.8) is 0 Å². The van der Waals surface area contributed by atoms with Gasteiger partial charge in [-0.1, -0.05) is 42.5 Å². The summed E-state index contributed by atoms with van der Waals surface area (Å²) in [6.07, 6.45) is 2.61. The number of ether oxygens (including phenoxy) is 1. The predicted octanol–water partition coefficient (Wildman–Crippen LogP) is 3.04. The average Bonchev–Trinajstić information content (AvgIpc) is 3.08. The molecule has 0 unspecified atom stereocenters. The third-order valence-electron chi connectivity index (χ3n) is 3.70. The van der Waals surface area contributed by atoms with Gasteiger partial charge in [0.2, 0.25) is 5.89 Å². The van der Waals surface area contributed by atoms with Gasteiger partial charge in [-0.3, -0.25) is 4.79 Å². The smallest absolute Gasteiger partial charge is 0.331 e. The molecule has 0 N–H and O–H groups in total. The molecule has 0 aliphatic carbocycles. The van der Waals surface area contributed by atoms with Crippen LogP contribution in [0.1, 0.15) is 11.5 Å². The van der Waals surface area contributed by atoms with Crippen molar-refractivity contribution in [2.45, 2.75) is 6.54 Å². The Morgan fingerprint density at radius 3 is 2.62 bits per heavy atom. The monoisotopic (exact) mass is 350 g/mol. The second kappa shape index (κ2) is 8.11. The van der Waals surface area contributed by atoms with Crippen molar-refractivity contribution in [1.82, 2.24) is 9.88 Å². The van der Waals surface area contributed by atoms with Gasteiger partial charge in [-0.15, -0.1) is 0 Å². The Kier molecular flexibility index (Phi) is 5.43. The highest BCUT2D eigenvalue weighted by molar-refractivity contribution is 5.89. The highest BCUT2D eigenvalue weighted by Crippen LogP contribution is 2.15. The molecule has 0 spiro atoms. The maximum absolute atomic E-state index is 12.0. The minimum Gasteiger partial charge on any atom is -0.452 e. The summed E-state index contributed by atoms with van der Waals surface area (Å²) in [6.45, 7) is 0.135. The molecule has 3 rings (SSSR count). The highest BCUT2D eigenvalue weighted by atomic mass is 16.5. The van der Waals surface area contributed by atoms with E-state index < -0.39 is 5.97 Å². The van der Waals surface area contributed by atoms with Crippen molar-refractivity contribution < 1.29 is 18.7 Å². The minimum atomic E-state index is -0.631. The Hall–Kier alpha value is -3.41. The summed E-state index contributed by atoms with van der Waals surface area (Å²) >= 11 is 0. The lowest BCUT2D eigenvalue weighted by Gasteiger charge is -2.16. The van der Waals surface area contributed by atoms with Crippen molar-refractivity contribution >= 4 is 29.1 Å². The summed E-state index contributed by atoms with van der Waals surface area (Å²) in [4.78, 5) is 29.5. The van der Waals surface area contributed by atoms with E-state index in [1.165, 1.54) is 17.1 Å². The summed E-state index contributed by atoms with van der Waals surface area (Å²) in [5.41, 5.74) is 2.35. The molecule has 2 aromatic carbocycles. The molecule has 6 nitrogen and oxygen atoms in total. The van der Waals surface area contributed by atoms with Crippen LogP contribution >= 0.6 is 0 Å². The number of carbonyl (C=O) groups is 2. The number of likely N-dealkylation sites (N-methyl/N-ethyl adjacent to an activating group) is 1. The van der Waals surface area contributed by atoms with Crippen LogP contribution in [0.15, 0.2) is 65.1 Å². The maximum Gasteiger partial charge on any atom is 0.331 e. The van der Waals surface area contributed by atoms with Crippen molar-refractivity contribution in [1.29, 1.82) is 0 Å². The Labute approximate surface area is 150 Å². The molecule has 26 heavy (non-hydrogen) atoms. The van der Waals surface area contributed by atoms with Crippen LogP contribution in [0, 0.1) is 0 Å². The van der Waals surface area contributed by atoms with Gasteiger partial charge in [0.15, 0.2) is 12.2 Å². The molecule has 1 aromatic heterocycles. The number of fused-ring (bicyclic) bond motifs is 1. The number of oxazole rings is 1. The van der Waals surface area contributed by atoms with Crippen molar-refractivity contribution in [2.24, 2.45) is 0 Å². The van der Waals surface area contributed by atoms with Crippen molar-refractivity contribution in [3.05, 3.63) is 72.1 Å². The normalized spacial score (nSPS) is 11.0. The first-order valence-electron chi connectivity index (χ1n) is 8.10. The van der Waals surface area contributed by atoms with Gasteiger partial charge in [-0.25, -0.2) is 9.78 Å². The number of hydrogen-bond donors (Lipinski definition) is 0. The molecule has 0 aliphatic heterocycles. The van der Waals surface area contributed by atoms with E-state index in [1.807, 2.05) is 48.5 Å². The molecule has 0 bridgehead atoms. The van der Waals surface area contributed by atoms with Crippen LogP contribution in [0.5, 0.6) is 0 Å². The third-order valence-corrected chi connectivity index (χ3v) is 3.70. The van der Waals surface area contributed by atoms with Crippen LogP contribution in [-0.2, 0) is 20.9 Å². The molecule has 1 heterocycles. The predicted molar refractivity (Wildman–Crippen MR) is 96.9 cm³/mol. The van der Waals surface area contributed by atoms with Crippen LogP contribution in [0.4, 0.5) is 0 Å². The first-order chi connectivity index (χ1) is 12.6. The van der Waals surface area contributed by atoms with Crippen molar-refractivity contribution in [3.8, 4) is 0 Å². The molecule has 6 heteroatoms. The lowest BCUT2D eigenvalue weighted by Crippen LogP contribution is -2.30. The Morgan fingerprint density at radius 1 is 1.12 bits per heavy atom. The fourth-order valence-corrected chi connectivity index (χ4v) is 2.34. The van der Waals surface area contributed by atoms with E-state index in [-0.39, 0.29) is 12.5 Å². The third kappa shape index (κ3) is 4.57. The van der Waals surface area contributed by atoms with Crippen LogP contribution in [0.3, 0.4) is 0 Å². The fraction of sp³-hybridized carbons (Fsp3) is 0.150. The SMILES string of the molecule is CN(Cc1ccccc1)C(=O)COC(=O)/C=C/c1nc2ccccc2o1. The topological polar surface area (TPSA) is 72.6 Å². The van der Waals surface area contributed by atoms with Crippen LogP contribution in [0.25, 0.3) is 17.2 Å². The van der Waals surface area contributed by atoms with E-state index in [0.29, 0.717) is 23.5 Å². The van der Waals surface area contributed by atoms with Gasteiger partial charge in [0.1, 0.15) is 5.52 Å². The van der Waals surface area contributed by atoms with E-state index in [4.69, 9.17) is 9.15 Å². The number of carbonyl (C=O) groups excluding carboxylic acids is 2. The van der Waals surface area contributed by atoms with Gasteiger partial charge in [0.25, 0.3) is 5.91 Å². The van der Waals surface area contributed by atoms with E-state index in [1.54, 1.807) is 13.1 Å². The van der Waals surface area contributed by atoms with Gasteiger partial charge in [-0.2, -0.15) is 0 Å². The highest BCUT2D eigenvalue weighted by Gasteiger charge is 2.11. The summed E-state index contributed by atoms with van der Waals surface area (Å²) in [7, 11) is 1.66. The fourth-order valence-electron chi connectivity index (χ4n) is 2.34. The second-order valence-electron chi connectivity index (χ2n) is 5.70. The first-order valence-corrected chi connectivity index (χ1v) is 8.10. The average molecular weight is 350 g/mol. The zero-order valence-electron chi connectivity index (χ0n) is 14.3. The number of benzene rings is 2. The molecule has 1 amide bonds. The van der Waals surface area contributed by atoms with Crippen molar-refractivity contribution in [2.75, 3.05) is 13.7 Å². The first kappa shape index (κ1) is 17.4. The van der Waals surface area contributed by atoms with Gasteiger partial charge in [-0.05, 0) is 17.7 Å². The van der Waals surface area contributed by atoms with Gasteiger partial charge >= 0.3 is 5.97 Å². The van der Waals surface area contributed by atoms with Crippen LogP contribution in [-0.4, -0.2) is 35.4 Å². The van der Waals surface area contributed by atoms with Gasteiger partial charge in [0, 0.05) is 25.7 Å². The van der Waals surface area contributed by atoms with Crippen LogP contribution < -0.4 is 0 Å². The number of esters is 1. The summed E-state index contributed by atoms with van der Waals surface area (Å²) < 4.78 is 10.4. The number of para-hydroxylation sites is 2. The number of aromatic nitrogens is 1. The lowest BCUT2D eigenvalue weighted by atomic mass is 10.2. The molecular weight excluding hydrogens is 332 g/mol. The zero-order chi connectivity index (χ0) is 18.4. The van der Waals surface area contributed by atoms with E-state index in [0.717, 1.165) is 5.56 Å². The summed E-state index contributed by atoms with van der Waals surface area (Å²) in [5, 5.41) is 0. The Bertz CT molecular complexity index is 898. The molecule has 0 aliphatic rings. The molecule has 132 valence electrons. The maximum atomic E-state index is 12.0. The van der Waals surface area contributed by atoms with Gasteiger partial charge in [0.05, 0.1) is 0 Å². The quantitative estimate of drug-likeness (QED) is 0.505.